The van der Waals surface area contributed by atoms with E-state index in [0.717, 1.165) is 10.5 Å². The second kappa shape index (κ2) is 11.2. The number of carboxylic acids is 1. The number of aliphatic carboxylic acids is 1. The molecule has 8 nitrogen and oxygen atoms in total. The standard InChI is InChI=1S/C22H22N2O6/c1-2-12-24(22(29)30-15-16-8-4-3-5-9-16)13-19(21(27)28)23-20(26)18-11-7-6-10-17(18)14-25/h2-11,14,19H,1,12-13,15H2,(H,23,26)(H,27,28)/t19-/m0/s1. The molecule has 0 unspecified atom stereocenters. The Balaban J connectivity index is 2.08. The van der Waals surface area contributed by atoms with Crippen LogP contribution in [-0.2, 0) is 16.1 Å². The molecule has 30 heavy (non-hydrogen) atoms. The molecule has 0 aromatic heterocycles. The number of hydrogen-bond donors (Lipinski definition) is 2. The van der Waals surface area contributed by atoms with Crippen molar-refractivity contribution >= 4 is 24.3 Å². The van der Waals surface area contributed by atoms with Crippen LogP contribution in [0.2, 0.25) is 0 Å². The number of hydrogen-bond acceptors (Lipinski definition) is 5. The zero-order valence-electron chi connectivity index (χ0n) is 16.2. The molecule has 0 heterocycles. The highest BCUT2D eigenvalue weighted by Gasteiger charge is 2.27. The summed E-state index contributed by atoms with van der Waals surface area (Å²) < 4.78 is 5.24. The number of carbonyl (C=O) groups excluding carboxylic acids is 3. The fourth-order valence-corrected chi connectivity index (χ4v) is 2.64. The van der Waals surface area contributed by atoms with Crippen LogP contribution in [0, 0.1) is 0 Å². The van der Waals surface area contributed by atoms with Gasteiger partial charge < -0.3 is 20.1 Å². The maximum Gasteiger partial charge on any atom is 0.410 e. The van der Waals surface area contributed by atoms with Crippen LogP contribution in [0.15, 0.2) is 67.3 Å². The van der Waals surface area contributed by atoms with Crippen molar-refractivity contribution in [1.29, 1.82) is 0 Å². The Morgan fingerprint density at radius 2 is 1.77 bits per heavy atom. The third-order valence-corrected chi connectivity index (χ3v) is 4.15. The number of benzene rings is 2. The molecule has 156 valence electrons. The summed E-state index contributed by atoms with van der Waals surface area (Å²) in [4.78, 5) is 48.8. The molecular weight excluding hydrogens is 388 g/mol. The molecule has 8 heteroatoms. The summed E-state index contributed by atoms with van der Waals surface area (Å²) in [5.74, 6) is -2.07. The minimum atomic E-state index is -1.42. The van der Waals surface area contributed by atoms with Crippen molar-refractivity contribution in [3.63, 3.8) is 0 Å². The van der Waals surface area contributed by atoms with Gasteiger partial charge in [-0.3, -0.25) is 9.59 Å². The molecule has 2 aromatic carbocycles. The lowest BCUT2D eigenvalue weighted by molar-refractivity contribution is -0.139. The molecule has 0 saturated carbocycles. The van der Waals surface area contributed by atoms with Crippen molar-refractivity contribution in [2.75, 3.05) is 13.1 Å². The average Bonchev–Trinajstić information content (AvgIpc) is 2.76. The van der Waals surface area contributed by atoms with Crippen LogP contribution in [0.5, 0.6) is 0 Å². The maximum absolute atomic E-state index is 12.5. The van der Waals surface area contributed by atoms with Crippen LogP contribution >= 0.6 is 0 Å². The van der Waals surface area contributed by atoms with Crippen molar-refractivity contribution in [2.45, 2.75) is 12.6 Å². The van der Waals surface area contributed by atoms with Gasteiger partial charge in [0.15, 0.2) is 6.29 Å². The Kier molecular flexibility index (Phi) is 8.31. The average molecular weight is 410 g/mol. The lowest BCUT2D eigenvalue weighted by atomic mass is 10.1. The molecule has 0 saturated heterocycles. The number of rotatable bonds is 10. The highest BCUT2D eigenvalue weighted by molar-refractivity contribution is 6.02. The molecule has 0 aliphatic heterocycles. The van der Waals surface area contributed by atoms with E-state index in [-0.39, 0.29) is 30.8 Å². The minimum Gasteiger partial charge on any atom is -0.480 e. The molecule has 0 radical (unpaired) electrons. The first kappa shape index (κ1) is 22.4. The lowest BCUT2D eigenvalue weighted by Crippen LogP contribution is -2.50. The van der Waals surface area contributed by atoms with E-state index in [2.05, 4.69) is 11.9 Å². The smallest absolute Gasteiger partial charge is 0.410 e. The number of carboxylic acid groups (broad SMARTS) is 1. The van der Waals surface area contributed by atoms with Crippen LogP contribution in [0.1, 0.15) is 26.3 Å². The van der Waals surface area contributed by atoms with Crippen molar-refractivity contribution in [1.82, 2.24) is 10.2 Å². The summed E-state index contributed by atoms with van der Waals surface area (Å²) in [5.41, 5.74) is 0.947. The number of aldehydes is 1. The van der Waals surface area contributed by atoms with E-state index in [0.29, 0.717) is 6.29 Å². The molecule has 0 fully saturated rings. The summed E-state index contributed by atoms with van der Waals surface area (Å²) in [6, 6.07) is 13.6. The fourth-order valence-electron chi connectivity index (χ4n) is 2.64. The minimum absolute atomic E-state index is 0.0180. The van der Waals surface area contributed by atoms with Crippen molar-refractivity contribution in [3.05, 3.63) is 83.9 Å². The normalized spacial score (nSPS) is 11.1. The zero-order chi connectivity index (χ0) is 21.9. The van der Waals surface area contributed by atoms with Crippen LogP contribution in [0.25, 0.3) is 0 Å². The van der Waals surface area contributed by atoms with Gasteiger partial charge in [0.2, 0.25) is 0 Å². The molecule has 2 amide bonds. The molecule has 0 aliphatic rings. The summed E-state index contributed by atoms with van der Waals surface area (Å²) in [7, 11) is 0. The summed E-state index contributed by atoms with van der Waals surface area (Å²) >= 11 is 0. The van der Waals surface area contributed by atoms with Gasteiger partial charge in [-0.1, -0.05) is 54.6 Å². The van der Waals surface area contributed by atoms with Crippen molar-refractivity contribution < 1.29 is 29.0 Å². The first-order valence-electron chi connectivity index (χ1n) is 9.10. The van der Waals surface area contributed by atoms with E-state index in [9.17, 15) is 24.3 Å². The predicted octanol–water partition coefficient (Wildman–Crippen LogP) is 2.51. The summed E-state index contributed by atoms with van der Waals surface area (Å²) in [6.07, 6.45) is 1.19. The molecule has 0 aliphatic carbocycles. The zero-order valence-corrected chi connectivity index (χ0v) is 16.2. The SMILES string of the molecule is C=CCN(C[C@H](NC(=O)c1ccccc1C=O)C(=O)O)C(=O)OCc1ccccc1. The second-order valence-electron chi connectivity index (χ2n) is 6.30. The van der Waals surface area contributed by atoms with Gasteiger partial charge in [0.1, 0.15) is 12.6 Å². The Bertz CT molecular complexity index is 913. The third-order valence-electron chi connectivity index (χ3n) is 4.15. The summed E-state index contributed by atoms with van der Waals surface area (Å²) in [5, 5.41) is 11.9. The molecular formula is C22H22N2O6. The van der Waals surface area contributed by atoms with Gasteiger partial charge in [-0.05, 0) is 11.6 Å². The molecule has 2 rings (SSSR count). The van der Waals surface area contributed by atoms with Crippen LogP contribution in [0.4, 0.5) is 4.79 Å². The summed E-state index contributed by atoms with van der Waals surface area (Å²) in [6.45, 7) is 3.26. The second-order valence-corrected chi connectivity index (χ2v) is 6.30. The van der Waals surface area contributed by atoms with Gasteiger partial charge >= 0.3 is 12.1 Å². The predicted molar refractivity (Wildman–Crippen MR) is 109 cm³/mol. The van der Waals surface area contributed by atoms with E-state index in [4.69, 9.17) is 4.74 Å². The molecule has 0 spiro atoms. The van der Waals surface area contributed by atoms with E-state index in [1.54, 1.807) is 36.4 Å². The molecule has 1 atom stereocenters. The Labute approximate surface area is 173 Å². The lowest BCUT2D eigenvalue weighted by Gasteiger charge is -2.25. The van der Waals surface area contributed by atoms with Gasteiger partial charge in [-0.25, -0.2) is 9.59 Å². The first-order valence-corrected chi connectivity index (χ1v) is 9.10. The van der Waals surface area contributed by atoms with Crippen LogP contribution < -0.4 is 5.32 Å². The van der Waals surface area contributed by atoms with Gasteiger partial charge in [0.05, 0.1) is 6.54 Å². The van der Waals surface area contributed by atoms with Gasteiger partial charge in [0.25, 0.3) is 5.91 Å². The highest BCUT2D eigenvalue weighted by atomic mass is 16.6. The molecule has 0 bridgehead atoms. The van der Waals surface area contributed by atoms with E-state index >= 15 is 0 Å². The number of nitrogens with one attached hydrogen (secondary N) is 1. The molecule has 2 aromatic rings. The largest absolute Gasteiger partial charge is 0.480 e. The Hall–Kier alpha value is -3.94. The Morgan fingerprint density at radius 3 is 2.40 bits per heavy atom. The van der Waals surface area contributed by atoms with Crippen molar-refractivity contribution in [2.24, 2.45) is 0 Å². The number of carbonyl (C=O) groups is 4. The first-order chi connectivity index (χ1) is 14.5. The van der Waals surface area contributed by atoms with E-state index in [1.807, 2.05) is 6.07 Å². The number of nitrogens with zero attached hydrogens (tertiary/aromatic N) is 1. The van der Waals surface area contributed by atoms with Gasteiger partial charge in [-0.2, -0.15) is 0 Å². The van der Waals surface area contributed by atoms with Gasteiger partial charge in [0, 0.05) is 17.7 Å². The fraction of sp³-hybridized carbons (Fsp3) is 0.182. The number of ether oxygens (including phenoxy) is 1. The van der Waals surface area contributed by atoms with Crippen LogP contribution in [0.3, 0.4) is 0 Å². The van der Waals surface area contributed by atoms with Gasteiger partial charge in [-0.15, -0.1) is 6.58 Å². The quantitative estimate of drug-likeness (QED) is 0.460. The maximum atomic E-state index is 12.5. The van der Waals surface area contributed by atoms with E-state index < -0.39 is 24.0 Å². The monoisotopic (exact) mass is 410 g/mol. The topological polar surface area (TPSA) is 113 Å². The van der Waals surface area contributed by atoms with Crippen molar-refractivity contribution in [3.8, 4) is 0 Å². The highest BCUT2D eigenvalue weighted by Crippen LogP contribution is 2.08. The van der Waals surface area contributed by atoms with Crippen LogP contribution in [-0.4, -0.2) is 53.4 Å². The third kappa shape index (κ3) is 6.30. The number of amides is 2. The van der Waals surface area contributed by atoms with E-state index in [1.165, 1.54) is 18.2 Å². The Morgan fingerprint density at radius 1 is 1.10 bits per heavy atom. The molecule has 2 N–H and O–H groups in total.